The van der Waals surface area contributed by atoms with Gasteiger partial charge in [0.15, 0.2) is 0 Å². The van der Waals surface area contributed by atoms with E-state index in [0.29, 0.717) is 22.1 Å². The molecule has 0 heterocycles. The third kappa shape index (κ3) is 3.06. The van der Waals surface area contributed by atoms with E-state index in [0.717, 1.165) is 11.1 Å². The molecule has 0 radical (unpaired) electrons. The first-order valence-corrected chi connectivity index (χ1v) is 6.24. The highest BCUT2D eigenvalue weighted by Crippen LogP contribution is 2.29. The minimum atomic E-state index is -0.00897. The Bertz CT molecular complexity index is 638. The van der Waals surface area contributed by atoms with Crippen molar-refractivity contribution in [2.24, 2.45) is 5.73 Å². The van der Waals surface area contributed by atoms with E-state index >= 15 is 0 Å². The monoisotopic (exact) mass is 274 g/mol. The van der Waals surface area contributed by atoms with Crippen LogP contribution in [0.25, 0.3) is 0 Å². The first-order valence-electron chi connectivity index (χ1n) is 5.86. The summed E-state index contributed by atoms with van der Waals surface area (Å²) in [6.07, 6.45) is 0. The summed E-state index contributed by atoms with van der Waals surface area (Å²) in [5, 5.41) is 8.27. The average Bonchev–Trinajstić information content (AvgIpc) is 2.34. The summed E-state index contributed by atoms with van der Waals surface area (Å²) >= 11 is 5.91. The normalized spacial score (nSPS) is 10.3. The zero-order chi connectivity index (χ0) is 14.0. The molecular formula is C15H15ClN2O. The molecule has 0 aliphatic rings. The molecule has 0 unspecified atom stereocenters. The Labute approximate surface area is 117 Å². The van der Waals surface area contributed by atoms with Crippen molar-refractivity contribution >= 4 is 17.4 Å². The predicted molar refractivity (Wildman–Crippen MR) is 78.5 cm³/mol. The van der Waals surface area contributed by atoms with E-state index in [1.807, 2.05) is 38.1 Å². The van der Waals surface area contributed by atoms with Crippen LogP contribution in [0.1, 0.15) is 16.7 Å². The fraction of sp³-hybridized carbons (Fsp3) is 0.133. The summed E-state index contributed by atoms with van der Waals surface area (Å²) in [6, 6.07) is 11.0. The molecule has 0 amide bonds. The minimum absolute atomic E-state index is 0.00897. The number of nitrogens with one attached hydrogen (secondary N) is 1. The van der Waals surface area contributed by atoms with Crippen LogP contribution in [0.4, 0.5) is 0 Å². The summed E-state index contributed by atoms with van der Waals surface area (Å²) in [4.78, 5) is 0. The second kappa shape index (κ2) is 5.33. The number of nitrogen functional groups attached to an aromatic ring is 1. The Morgan fingerprint density at radius 2 is 1.79 bits per heavy atom. The maximum atomic E-state index is 7.60. The highest BCUT2D eigenvalue weighted by atomic mass is 35.5. The topological polar surface area (TPSA) is 59.1 Å². The molecule has 3 N–H and O–H groups in total. The number of hydrogen-bond donors (Lipinski definition) is 2. The molecule has 19 heavy (non-hydrogen) atoms. The third-order valence-corrected chi connectivity index (χ3v) is 3.02. The summed E-state index contributed by atoms with van der Waals surface area (Å²) in [6.45, 7) is 3.87. The van der Waals surface area contributed by atoms with Gasteiger partial charge in [0.25, 0.3) is 0 Å². The number of aryl methyl sites for hydroxylation is 2. The van der Waals surface area contributed by atoms with E-state index in [4.69, 9.17) is 27.5 Å². The van der Waals surface area contributed by atoms with Crippen LogP contribution in [0, 0.1) is 19.3 Å². The molecule has 0 bridgehead atoms. The van der Waals surface area contributed by atoms with Gasteiger partial charge in [0.05, 0.1) is 5.56 Å². The molecular weight excluding hydrogens is 260 g/mol. The predicted octanol–water partition coefficient (Wildman–Crippen LogP) is 4.03. The van der Waals surface area contributed by atoms with Crippen LogP contribution in [-0.4, -0.2) is 5.84 Å². The van der Waals surface area contributed by atoms with Gasteiger partial charge in [-0.25, -0.2) is 0 Å². The van der Waals surface area contributed by atoms with Gasteiger partial charge < -0.3 is 10.5 Å². The van der Waals surface area contributed by atoms with Gasteiger partial charge in [0.1, 0.15) is 17.3 Å². The Balaban J connectivity index is 2.40. The summed E-state index contributed by atoms with van der Waals surface area (Å²) in [7, 11) is 0. The van der Waals surface area contributed by atoms with Crippen molar-refractivity contribution in [2.45, 2.75) is 13.8 Å². The van der Waals surface area contributed by atoms with Crippen LogP contribution in [-0.2, 0) is 0 Å². The van der Waals surface area contributed by atoms with Gasteiger partial charge >= 0.3 is 0 Å². The van der Waals surface area contributed by atoms with Crippen LogP contribution in [0.3, 0.4) is 0 Å². The van der Waals surface area contributed by atoms with Crippen molar-refractivity contribution in [3.8, 4) is 11.5 Å². The van der Waals surface area contributed by atoms with Gasteiger partial charge in [0, 0.05) is 5.02 Å². The standard InChI is InChI=1S/C15H15ClN2O/c1-9-3-5-14(12(7-9)15(17)18)19-13-6-4-11(16)8-10(13)2/h3-8H,1-2H3,(H3,17,18). The molecule has 2 aromatic rings. The number of hydrogen-bond acceptors (Lipinski definition) is 2. The second-order valence-corrected chi connectivity index (χ2v) is 4.86. The number of benzene rings is 2. The first-order chi connectivity index (χ1) is 8.97. The van der Waals surface area contributed by atoms with E-state index in [1.54, 1.807) is 12.1 Å². The molecule has 0 aromatic heterocycles. The lowest BCUT2D eigenvalue weighted by atomic mass is 10.1. The Hall–Kier alpha value is -2.00. The molecule has 0 atom stereocenters. The molecule has 98 valence electrons. The minimum Gasteiger partial charge on any atom is -0.456 e. The van der Waals surface area contributed by atoms with Gasteiger partial charge in [-0.3, -0.25) is 5.41 Å². The fourth-order valence-corrected chi connectivity index (χ4v) is 2.02. The number of amidine groups is 1. The second-order valence-electron chi connectivity index (χ2n) is 4.43. The molecule has 0 aliphatic heterocycles. The largest absolute Gasteiger partial charge is 0.456 e. The molecule has 0 fully saturated rings. The smallest absolute Gasteiger partial charge is 0.138 e. The number of rotatable bonds is 3. The van der Waals surface area contributed by atoms with Gasteiger partial charge in [0.2, 0.25) is 0 Å². The summed E-state index contributed by atoms with van der Waals surface area (Å²) < 4.78 is 5.83. The van der Waals surface area contributed by atoms with Crippen molar-refractivity contribution in [3.63, 3.8) is 0 Å². The van der Waals surface area contributed by atoms with Gasteiger partial charge in [-0.05, 0) is 49.7 Å². The maximum Gasteiger partial charge on any atom is 0.138 e. The zero-order valence-corrected chi connectivity index (χ0v) is 11.6. The van der Waals surface area contributed by atoms with Crippen LogP contribution in [0.2, 0.25) is 5.02 Å². The lowest BCUT2D eigenvalue weighted by Crippen LogP contribution is -2.12. The van der Waals surface area contributed by atoms with Gasteiger partial charge in [-0.15, -0.1) is 0 Å². The van der Waals surface area contributed by atoms with E-state index in [1.165, 1.54) is 0 Å². The molecule has 0 spiro atoms. The lowest BCUT2D eigenvalue weighted by molar-refractivity contribution is 0.477. The lowest BCUT2D eigenvalue weighted by Gasteiger charge is -2.13. The zero-order valence-electron chi connectivity index (χ0n) is 10.8. The summed E-state index contributed by atoms with van der Waals surface area (Å²) in [5.41, 5.74) is 8.14. The highest BCUT2D eigenvalue weighted by molar-refractivity contribution is 6.30. The highest BCUT2D eigenvalue weighted by Gasteiger charge is 2.09. The van der Waals surface area contributed by atoms with E-state index in [-0.39, 0.29) is 5.84 Å². The SMILES string of the molecule is Cc1ccc(Oc2ccc(Cl)cc2C)c(C(=N)N)c1. The van der Waals surface area contributed by atoms with Crippen molar-refractivity contribution in [1.82, 2.24) is 0 Å². The number of nitrogens with two attached hydrogens (primary N) is 1. The molecule has 2 rings (SSSR count). The van der Waals surface area contributed by atoms with Gasteiger partial charge in [-0.1, -0.05) is 23.2 Å². The van der Waals surface area contributed by atoms with Crippen molar-refractivity contribution < 1.29 is 4.74 Å². The Morgan fingerprint density at radius 3 is 2.42 bits per heavy atom. The molecule has 4 heteroatoms. The van der Waals surface area contributed by atoms with Crippen molar-refractivity contribution in [1.29, 1.82) is 5.41 Å². The van der Waals surface area contributed by atoms with E-state index in [2.05, 4.69) is 0 Å². The maximum absolute atomic E-state index is 7.60. The van der Waals surface area contributed by atoms with E-state index in [9.17, 15) is 0 Å². The van der Waals surface area contributed by atoms with Crippen molar-refractivity contribution in [2.75, 3.05) is 0 Å². The first kappa shape index (κ1) is 13.4. The third-order valence-electron chi connectivity index (χ3n) is 2.78. The average molecular weight is 275 g/mol. The van der Waals surface area contributed by atoms with Gasteiger partial charge in [-0.2, -0.15) is 0 Å². The van der Waals surface area contributed by atoms with Crippen LogP contribution in [0.5, 0.6) is 11.5 Å². The molecule has 0 aliphatic carbocycles. The van der Waals surface area contributed by atoms with Crippen LogP contribution >= 0.6 is 11.6 Å². The molecule has 3 nitrogen and oxygen atoms in total. The number of halogens is 1. The van der Waals surface area contributed by atoms with Crippen LogP contribution < -0.4 is 10.5 Å². The molecule has 2 aromatic carbocycles. The number of ether oxygens (including phenoxy) is 1. The van der Waals surface area contributed by atoms with Crippen LogP contribution in [0.15, 0.2) is 36.4 Å². The summed E-state index contributed by atoms with van der Waals surface area (Å²) in [5.74, 6) is 1.27. The quantitative estimate of drug-likeness (QED) is 0.656. The Morgan fingerprint density at radius 1 is 1.11 bits per heavy atom. The molecule has 0 saturated heterocycles. The Kier molecular flexibility index (Phi) is 3.76. The van der Waals surface area contributed by atoms with Crippen molar-refractivity contribution in [3.05, 3.63) is 58.1 Å². The van der Waals surface area contributed by atoms with E-state index < -0.39 is 0 Å². The molecule has 0 saturated carbocycles. The fourth-order valence-electron chi connectivity index (χ4n) is 1.79.